The zero-order chi connectivity index (χ0) is 10.8. The van der Waals surface area contributed by atoms with E-state index >= 15 is 0 Å². The lowest BCUT2D eigenvalue weighted by atomic mass is 10.1. The molecule has 0 aromatic carbocycles. The van der Waals surface area contributed by atoms with E-state index in [0.29, 0.717) is 5.69 Å². The highest BCUT2D eigenvalue weighted by molar-refractivity contribution is 9.10. The quantitative estimate of drug-likeness (QED) is 0.790. The number of carbonyl (C=O) groups is 1. The predicted octanol–water partition coefficient (Wildman–Crippen LogP) is 3.45. The lowest BCUT2D eigenvalue weighted by molar-refractivity contribution is 0.103. The summed E-state index contributed by atoms with van der Waals surface area (Å²) in [6.45, 7) is 1.94. The largest absolute Gasteiger partial charge is 0.287 e. The Kier molecular flexibility index (Phi) is 2.98. The van der Waals surface area contributed by atoms with E-state index in [1.807, 2.05) is 24.4 Å². The van der Waals surface area contributed by atoms with E-state index < -0.39 is 0 Å². The van der Waals surface area contributed by atoms with Crippen LogP contribution in [0, 0.1) is 6.92 Å². The number of halogens is 1. The van der Waals surface area contributed by atoms with Crippen molar-refractivity contribution in [2.45, 2.75) is 6.92 Å². The van der Waals surface area contributed by atoms with Crippen molar-refractivity contribution in [3.05, 3.63) is 50.4 Å². The summed E-state index contributed by atoms with van der Waals surface area (Å²) in [4.78, 5) is 17.1. The number of nitrogens with zero attached hydrogens (tertiary/aromatic N) is 1. The minimum Gasteiger partial charge on any atom is -0.287 e. The fraction of sp³-hybridized carbons (Fsp3) is 0.0909. The number of pyridine rings is 1. The fourth-order valence-corrected chi connectivity index (χ4v) is 2.20. The van der Waals surface area contributed by atoms with Crippen molar-refractivity contribution in [1.82, 2.24) is 4.98 Å². The molecule has 4 heteroatoms. The molecule has 0 unspecified atom stereocenters. The van der Waals surface area contributed by atoms with Crippen molar-refractivity contribution in [2.24, 2.45) is 0 Å². The molecule has 0 atom stereocenters. The first-order chi connectivity index (χ1) is 7.18. The number of hydrogen-bond donors (Lipinski definition) is 0. The van der Waals surface area contributed by atoms with Gasteiger partial charge in [0.05, 0.1) is 0 Å². The Bertz CT molecular complexity index is 490. The van der Waals surface area contributed by atoms with E-state index in [1.54, 1.807) is 23.6 Å². The third-order valence-corrected chi connectivity index (χ3v) is 3.38. The molecular formula is C11H8BrNOS. The van der Waals surface area contributed by atoms with Crippen LogP contribution in [0.2, 0.25) is 0 Å². The third-order valence-electron chi connectivity index (χ3n) is 2.06. The molecule has 2 aromatic rings. The van der Waals surface area contributed by atoms with Crippen molar-refractivity contribution < 1.29 is 4.79 Å². The molecule has 2 rings (SSSR count). The summed E-state index contributed by atoms with van der Waals surface area (Å²) in [6, 6.07) is 5.39. The molecule has 15 heavy (non-hydrogen) atoms. The Labute approximate surface area is 100 Å². The molecule has 0 spiro atoms. The Morgan fingerprint density at radius 3 is 2.73 bits per heavy atom. The van der Waals surface area contributed by atoms with Gasteiger partial charge >= 0.3 is 0 Å². The molecule has 0 saturated carbocycles. The lowest BCUT2D eigenvalue weighted by Crippen LogP contribution is -2.03. The molecule has 0 aliphatic rings. The van der Waals surface area contributed by atoms with Crippen molar-refractivity contribution >= 4 is 33.0 Å². The van der Waals surface area contributed by atoms with E-state index in [9.17, 15) is 4.79 Å². The first-order valence-electron chi connectivity index (χ1n) is 4.39. The van der Waals surface area contributed by atoms with Gasteiger partial charge in [-0.2, -0.15) is 0 Å². The Balaban J connectivity index is 2.37. The van der Waals surface area contributed by atoms with Gasteiger partial charge in [-0.25, -0.2) is 0 Å². The zero-order valence-electron chi connectivity index (χ0n) is 8.03. The van der Waals surface area contributed by atoms with Crippen LogP contribution >= 0.6 is 27.3 Å². The SMILES string of the molecule is Cc1sccc1C(=O)c1ccc(Br)cn1. The van der Waals surface area contributed by atoms with E-state index in [2.05, 4.69) is 20.9 Å². The van der Waals surface area contributed by atoms with Crippen LogP contribution in [0.25, 0.3) is 0 Å². The van der Waals surface area contributed by atoms with Gasteiger partial charge in [-0.3, -0.25) is 9.78 Å². The normalized spacial score (nSPS) is 10.3. The summed E-state index contributed by atoms with van der Waals surface area (Å²) in [5.41, 5.74) is 1.23. The van der Waals surface area contributed by atoms with Crippen molar-refractivity contribution in [1.29, 1.82) is 0 Å². The number of aryl methyl sites for hydroxylation is 1. The second-order valence-corrected chi connectivity index (χ2v) is 5.12. The summed E-state index contributed by atoms with van der Waals surface area (Å²) in [7, 11) is 0. The van der Waals surface area contributed by atoms with E-state index in [4.69, 9.17) is 0 Å². The highest BCUT2D eigenvalue weighted by Gasteiger charge is 2.13. The summed E-state index contributed by atoms with van der Waals surface area (Å²) >= 11 is 4.86. The second kappa shape index (κ2) is 4.24. The van der Waals surface area contributed by atoms with Crippen LogP contribution in [0.4, 0.5) is 0 Å². The molecule has 0 amide bonds. The minimum atomic E-state index is -0.0127. The first-order valence-corrected chi connectivity index (χ1v) is 6.06. The smallest absolute Gasteiger partial charge is 0.212 e. The molecule has 0 aliphatic heterocycles. The number of aromatic nitrogens is 1. The highest BCUT2D eigenvalue weighted by atomic mass is 79.9. The monoisotopic (exact) mass is 281 g/mol. The minimum absolute atomic E-state index is 0.0127. The molecule has 2 aromatic heterocycles. The standard InChI is InChI=1S/C11H8BrNOS/c1-7-9(4-5-15-7)11(14)10-3-2-8(12)6-13-10/h2-6H,1H3. The van der Waals surface area contributed by atoms with Gasteiger partial charge in [0.1, 0.15) is 5.69 Å². The highest BCUT2D eigenvalue weighted by Crippen LogP contribution is 2.18. The van der Waals surface area contributed by atoms with Crippen molar-refractivity contribution in [3.8, 4) is 0 Å². The maximum absolute atomic E-state index is 12.0. The van der Waals surface area contributed by atoms with Gasteiger partial charge in [0.25, 0.3) is 0 Å². The Morgan fingerprint density at radius 1 is 1.40 bits per heavy atom. The van der Waals surface area contributed by atoms with Crippen molar-refractivity contribution in [3.63, 3.8) is 0 Å². The molecule has 0 radical (unpaired) electrons. The average Bonchev–Trinajstić information content (AvgIpc) is 2.65. The Hall–Kier alpha value is -1.00. The number of thiophene rings is 1. The van der Waals surface area contributed by atoms with Crippen LogP contribution in [0.3, 0.4) is 0 Å². The zero-order valence-corrected chi connectivity index (χ0v) is 10.4. The van der Waals surface area contributed by atoms with Gasteiger partial charge in [-0.05, 0) is 46.4 Å². The number of ketones is 1. The van der Waals surface area contributed by atoms with Crippen LogP contribution in [0.1, 0.15) is 20.9 Å². The Morgan fingerprint density at radius 2 is 2.20 bits per heavy atom. The maximum Gasteiger partial charge on any atom is 0.212 e. The van der Waals surface area contributed by atoms with E-state index in [1.165, 1.54) is 0 Å². The van der Waals surface area contributed by atoms with E-state index in [-0.39, 0.29) is 5.78 Å². The summed E-state index contributed by atoms with van der Waals surface area (Å²) in [5, 5.41) is 1.92. The summed E-state index contributed by atoms with van der Waals surface area (Å²) < 4.78 is 0.876. The molecule has 0 fully saturated rings. The molecule has 2 heterocycles. The van der Waals surface area contributed by atoms with Gasteiger partial charge in [-0.15, -0.1) is 11.3 Å². The first kappa shape index (κ1) is 10.5. The van der Waals surface area contributed by atoms with Crippen LogP contribution in [0.5, 0.6) is 0 Å². The molecular weight excluding hydrogens is 274 g/mol. The number of rotatable bonds is 2. The summed E-state index contributed by atoms with van der Waals surface area (Å²) in [5.74, 6) is -0.0127. The van der Waals surface area contributed by atoms with Gasteiger partial charge in [0.2, 0.25) is 5.78 Å². The van der Waals surface area contributed by atoms with Crippen LogP contribution < -0.4 is 0 Å². The van der Waals surface area contributed by atoms with Crippen LogP contribution in [-0.2, 0) is 0 Å². The average molecular weight is 282 g/mol. The second-order valence-electron chi connectivity index (χ2n) is 3.08. The molecule has 0 bridgehead atoms. The van der Waals surface area contributed by atoms with Crippen molar-refractivity contribution in [2.75, 3.05) is 0 Å². The topological polar surface area (TPSA) is 30.0 Å². The third kappa shape index (κ3) is 2.16. The van der Waals surface area contributed by atoms with Gasteiger partial charge in [-0.1, -0.05) is 0 Å². The van der Waals surface area contributed by atoms with Crippen LogP contribution in [-0.4, -0.2) is 10.8 Å². The molecule has 0 aliphatic carbocycles. The maximum atomic E-state index is 12.0. The van der Waals surface area contributed by atoms with Crippen LogP contribution in [0.15, 0.2) is 34.2 Å². The van der Waals surface area contributed by atoms with Gasteiger partial charge in [0, 0.05) is 21.1 Å². The van der Waals surface area contributed by atoms with Gasteiger partial charge in [0.15, 0.2) is 0 Å². The molecule has 0 N–H and O–H groups in total. The summed E-state index contributed by atoms with van der Waals surface area (Å²) in [6.07, 6.45) is 1.63. The molecule has 76 valence electrons. The van der Waals surface area contributed by atoms with E-state index in [0.717, 1.165) is 14.9 Å². The lowest BCUT2D eigenvalue weighted by Gasteiger charge is -1.99. The number of carbonyl (C=O) groups excluding carboxylic acids is 1. The van der Waals surface area contributed by atoms with Gasteiger partial charge < -0.3 is 0 Å². The predicted molar refractivity (Wildman–Crippen MR) is 64.4 cm³/mol. The molecule has 2 nitrogen and oxygen atoms in total. The number of hydrogen-bond acceptors (Lipinski definition) is 3. The fourth-order valence-electron chi connectivity index (χ4n) is 1.27. The molecule has 0 saturated heterocycles.